The number of phenolic OH excluding ortho intramolecular Hbond substituents is 1. The Morgan fingerprint density at radius 1 is 1.59 bits per heavy atom. The van der Waals surface area contributed by atoms with Gasteiger partial charge in [0.05, 0.1) is 12.8 Å². The first kappa shape index (κ1) is 13.3. The van der Waals surface area contributed by atoms with E-state index in [4.69, 9.17) is 10.5 Å². The maximum atomic E-state index is 11.6. The van der Waals surface area contributed by atoms with E-state index in [0.717, 1.165) is 0 Å². The van der Waals surface area contributed by atoms with Gasteiger partial charge in [0.2, 0.25) is 5.91 Å². The lowest BCUT2D eigenvalue weighted by Crippen LogP contribution is -2.20. The summed E-state index contributed by atoms with van der Waals surface area (Å²) in [5.74, 6) is 0.479. The molecule has 0 spiro atoms. The minimum atomic E-state index is -0.164. The molecule has 5 heteroatoms. The molecule has 0 heterocycles. The molecule has 5 nitrogen and oxygen atoms in total. The highest BCUT2D eigenvalue weighted by Gasteiger charge is 2.10. The Balaban J connectivity index is 2.65. The average molecular weight is 238 g/mol. The van der Waals surface area contributed by atoms with Crippen molar-refractivity contribution >= 4 is 11.6 Å². The Labute approximate surface area is 101 Å². The van der Waals surface area contributed by atoms with Gasteiger partial charge in [-0.15, -0.1) is 0 Å². The van der Waals surface area contributed by atoms with Crippen LogP contribution in [0.1, 0.15) is 13.3 Å². The second-order valence-corrected chi connectivity index (χ2v) is 3.98. The van der Waals surface area contributed by atoms with Gasteiger partial charge in [-0.25, -0.2) is 0 Å². The van der Waals surface area contributed by atoms with Crippen LogP contribution in [-0.4, -0.2) is 24.7 Å². The molecule has 0 aromatic heterocycles. The Morgan fingerprint density at radius 3 is 2.82 bits per heavy atom. The fourth-order valence-corrected chi connectivity index (χ4v) is 1.35. The average Bonchev–Trinajstić information content (AvgIpc) is 2.31. The van der Waals surface area contributed by atoms with Crippen LogP contribution in [-0.2, 0) is 4.79 Å². The molecule has 1 aromatic carbocycles. The van der Waals surface area contributed by atoms with E-state index in [1.54, 1.807) is 12.1 Å². The van der Waals surface area contributed by atoms with E-state index < -0.39 is 0 Å². The highest BCUT2D eigenvalue weighted by Crippen LogP contribution is 2.27. The Morgan fingerprint density at radius 2 is 2.29 bits per heavy atom. The van der Waals surface area contributed by atoms with Gasteiger partial charge in [-0.1, -0.05) is 6.92 Å². The number of rotatable bonds is 5. The van der Waals surface area contributed by atoms with E-state index in [2.05, 4.69) is 5.32 Å². The molecule has 0 aliphatic rings. The van der Waals surface area contributed by atoms with Gasteiger partial charge in [-0.3, -0.25) is 4.79 Å². The molecular formula is C12H18N2O3. The summed E-state index contributed by atoms with van der Waals surface area (Å²) in [6.45, 7) is 2.36. The molecule has 1 atom stereocenters. The SMILES string of the molecule is COc1ccc(NC(=O)CC(C)CN)c(O)c1. The van der Waals surface area contributed by atoms with Gasteiger partial charge >= 0.3 is 0 Å². The van der Waals surface area contributed by atoms with Crippen molar-refractivity contribution in [3.05, 3.63) is 18.2 Å². The van der Waals surface area contributed by atoms with Crippen molar-refractivity contribution in [1.29, 1.82) is 0 Å². The zero-order chi connectivity index (χ0) is 12.8. The van der Waals surface area contributed by atoms with Crippen LogP contribution in [0.2, 0.25) is 0 Å². The molecule has 0 radical (unpaired) electrons. The van der Waals surface area contributed by atoms with Gasteiger partial charge in [0.25, 0.3) is 0 Å². The van der Waals surface area contributed by atoms with Crippen LogP contribution in [0.15, 0.2) is 18.2 Å². The number of anilines is 1. The predicted octanol–water partition coefficient (Wildman–Crippen LogP) is 1.32. The Bertz CT molecular complexity index is 393. The molecule has 1 aromatic rings. The number of amides is 1. The van der Waals surface area contributed by atoms with E-state index >= 15 is 0 Å². The van der Waals surface area contributed by atoms with Crippen molar-refractivity contribution in [2.24, 2.45) is 11.7 Å². The third kappa shape index (κ3) is 3.96. The van der Waals surface area contributed by atoms with Crippen LogP contribution in [0.25, 0.3) is 0 Å². The Kier molecular flexibility index (Phi) is 4.78. The fraction of sp³-hybridized carbons (Fsp3) is 0.417. The third-order valence-electron chi connectivity index (χ3n) is 2.42. The quantitative estimate of drug-likeness (QED) is 0.675. The van der Waals surface area contributed by atoms with Gasteiger partial charge < -0.3 is 20.9 Å². The number of phenols is 1. The molecule has 94 valence electrons. The predicted molar refractivity (Wildman–Crippen MR) is 66.1 cm³/mol. The summed E-state index contributed by atoms with van der Waals surface area (Å²) in [5.41, 5.74) is 5.81. The Hall–Kier alpha value is -1.75. The summed E-state index contributed by atoms with van der Waals surface area (Å²) in [7, 11) is 1.51. The summed E-state index contributed by atoms with van der Waals surface area (Å²) >= 11 is 0. The van der Waals surface area contributed by atoms with Crippen molar-refractivity contribution in [3.63, 3.8) is 0 Å². The second-order valence-electron chi connectivity index (χ2n) is 3.98. The van der Waals surface area contributed by atoms with E-state index in [1.165, 1.54) is 13.2 Å². The molecule has 0 saturated carbocycles. The van der Waals surface area contributed by atoms with Crippen LogP contribution >= 0.6 is 0 Å². The van der Waals surface area contributed by atoms with Gasteiger partial charge in [0, 0.05) is 12.5 Å². The topological polar surface area (TPSA) is 84.6 Å². The van der Waals surface area contributed by atoms with Crippen molar-refractivity contribution in [2.75, 3.05) is 19.0 Å². The first-order chi connectivity index (χ1) is 8.06. The number of nitrogens with two attached hydrogens (primary N) is 1. The van der Waals surface area contributed by atoms with E-state index in [-0.39, 0.29) is 17.6 Å². The lowest BCUT2D eigenvalue weighted by molar-refractivity contribution is -0.116. The second kappa shape index (κ2) is 6.10. The molecule has 0 aliphatic heterocycles. The molecule has 0 aliphatic carbocycles. The van der Waals surface area contributed by atoms with Gasteiger partial charge in [0.15, 0.2) is 0 Å². The molecule has 0 fully saturated rings. The molecule has 1 unspecified atom stereocenters. The zero-order valence-electron chi connectivity index (χ0n) is 10.1. The number of ether oxygens (including phenoxy) is 1. The highest BCUT2D eigenvalue weighted by atomic mass is 16.5. The summed E-state index contributed by atoms with van der Waals surface area (Å²) in [4.78, 5) is 11.6. The van der Waals surface area contributed by atoms with Gasteiger partial charge in [-0.05, 0) is 24.6 Å². The first-order valence-corrected chi connectivity index (χ1v) is 5.43. The number of carbonyl (C=O) groups is 1. The molecular weight excluding hydrogens is 220 g/mol. The summed E-state index contributed by atoms with van der Waals surface area (Å²) < 4.78 is 4.95. The highest BCUT2D eigenvalue weighted by molar-refractivity contribution is 5.92. The number of hydrogen-bond donors (Lipinski definition) is 3. The standard InChI is InChI=1S/C12H18N2O3/c1-8(7-13)5-12(16)14-10-4-3-9(17-2)6-11(10)15/h3-4,6,8,15H,5,7,13H2,1-2H3,(H,14,16). The third-order valence-corrected chi connectivity index (χ3v) is 2.42. The lowest BCUT2D eigenvalue weighted by Gasteiger charge is -2.11. The smallest absolute Gasteiger partial charge is 0.224 e. The minimum absolute atomic E-state index is 0.0156. The summed E-state index contributed by atoms with van der Waals surface area (Å²) in [5, 5.41) is 12.3. The number of nitrogens with one attached hydrogen (secondary N) is 1. The van der Waals surface area contributed by atoms with Crippen molar-refractivity contribution in [3.8, 4) is 11.5 Å². The molecule has 0 bridgehead atoms. The normalized spacial score (nSPS) is 11.9. The van der Waals surface area contributed by atoms with Gasteiger partial charge in [0.1, 0.15) is 11.5 Å². The molecule has 4 N–H and O–H groups in total. The van der Waals surface area contributed by atoms with Crippen molar-refractivity contribution < 1.29 is 14.6 Å². The lowest BCUT2D eigenvalue weighted by atomic mass is 10.1. The minimum Gasteiger partial charge on any atom is -0.506 e. The monoisotopic (exact) mass is 238 g/mol. The van der Waals surface area contributed by atoms with E-state index in [1.807, 2.05) is 6.92 Å². The van der Waals surface area contributed by atoms with Crippen LogP contribution in [0.4, 0.5) is 5.69 Å². The number of carbonyl (C=O) groups excluding carboxylic acids is 1. The van der Waals surface area contributed by atoms with Crippen molar-refractivity contribution in [1.82, 2.24) is 0 Å². The summed E-state index contributed by atoms with van der Waals surface area (Å²) in [6.07, 6.45) is 0.335. The molecule has 17 heavy (non-hydrogen) atoms. The maximum Gasteiger partial charge on any atom is 0.224 e. The van der Waals surface area contributed by atoms with Gasteiger partial charge in [-0.2, -0.15) is 0 Å². The molecule has 0 saturated heterocycles. The molecule has 1 amide bonds. The number of hydrogen-bond acceptors (Lipinski definition) is 4. The number of aromatic hydroxyl groups is 1. The number of methoxy groups -OCH3 is 1. The fourth-order valence-electron chi connectivity index (χ4n) is 1.35. The van der Waals surface area contributed by atoms with Crippen LogP contribution in [0.3, 0.4) is 0 Å². The van der Waals surface area contributed by atoms with Crippen LogP contribution in [0.5, 0.6) is 11.5 Å². The van der Waals surface area contributed by atoms with Crippen molar-refractivity contribution in [2.45, 2.75) is 13.3 Å². The summed E-state index contributed by atoms with van der Waals surface area (Å²) in [6, 6.07) is 4.71. The number of benzene rings is 1. The maximum absolute atomic E-state index is 11.6. The van der Waals surface area contributed by atoms with E-state index in [9.17, 15) is 9.90 Å². The first-order valence-electron chi connectivity index (χ1n) is 5.43. The largest absolute Gasteiger partial charge is 0.506 e. The molecule has 1 rings (SSSR count). The van der Waals surface area contributed by atoms with Crippen LogP contribution in [0, 0.1) is 5.92 Å². The van der Waals surface area contributed by atoms with Crippen LogP contribution < -0.4 is 15.8 Å². The van der Waals surface area contributed by atoms with E-state index in [0.29, 0.717) is 24.4 Å². The zero-order valence-corrected chi connectivity index (χ0v) is 10.1.